The maximum atomic E-state index is 9.09. The fourth-order valence-electron chi connectivity index (χ4n) is 1.67. The molecular weight excluding hydrogens is 278 g/mol. The van der Waals surface area contributed by atoms with E-state index in [4.69, 9.17) is 31.4 Å². The van der Waals surface area contributed by atoms with Crippen LogP contribution in [0.15, 0.2) is 36.4 Å². The van der Waals surface area contributed by atoms with Crippen LogP contribution in [0.4, 0.5) is 0 Å². The Bertz CT molecular complexity index is 665. The van der Waals surface area contributed by atoms with Gasteiger partial charge in [0.25, 0.3) is 0 Å². The number of nitrogens with zero attached hydrogens (tertiary/aromatic N) is 1. The van der Waals surface area contributed by atoms with Crippen LogP contribution >= 0.6 is 11.6 Å². The van der Waals surface area contributed by atoms with Gasteiger partial charge in [0.2, 0.25) is 0 Å². The Balaban J connectivity index is 2.32. The Hall–Kier alpha value is -2.22. The highest BCUT2D eigenvalue weighted by Gasteiger charge is 2.09. The number of aliphatic hydroxyl groups is 1. The van der Waals surface area contributed by atoms with Crippen LogP contribution in [-0.2, 0) is 6.61 Å². The van der Waals surface area contributed by atoms with E-state index in [9.17, 15) is 0 Å². The summed E-state index contributed by atoms with van der Waals surface area (Å²) in [7, 11) is 1.52. The third kappa shape index (κ3) is 3.02. The lowest BCUT2D eigenvalue weighted by Gasteiger charge is -2.12. The van der Waals surface area contributed by atoms with Crippen molar-refractivity contribution in [1.82, 2.24) is 0 Å². The fraction of sp³-hybridized carbons (Fsp3) is 0.133. The average molecular weight is 290 g/mol. The molecule has 2 aromatic carbocycles. The molecule has 5 heteroatoms. The highest BCUT2D eigenvalue weighted by Crippen LogP contribution is 2.35. The van der Waals surface area contributed by atoms with E-state index in [1.54, 1.807) is 30.3 Å². The maximum absolute atomic E-state index is 9.09. The van der Waals surface area contributed by atoms with E-state index in [-0.39, 0.29) is 6.61 Å². The van der Waals surface area contributed by atoms with Crippen molar-refractivity contribution in [2.45, 2.75) is 6.61 Å². The number of hydrogen-bond donors (Lipinski definition) is 1. The van der Waals surface area contributed by atoms with Crippen LogP contribution in [-0.4, -0.2) is 12.2 Å². The normalized spacial score (nSPS) is 9.90. The first-order chi connectivity index (χ1) is 9.67. The van der Waals surface area contributed by atoms with Crippen molar-refractivity contribution in [3.8, 4) is 23.3 Å². The summed E-state index contributed by atoms with van der Waals surface area (Å²) in [5, 5.41) is 18.2. The van der Waals surface area contributed by atoms with Gasteiger partial charge in [-0.05, 0) is 35.9 Å². The molecule has 0 saturated heterocycles. The summed E-state index contributed by atoms with van der Waals surface area (Å²) >= 11 is 6.06. The molecule has 0 fully saturated rings. The Kier molecular flexibility index (Phi) is 4.46. The van der Waals surface area contributed by atoms with Gasteiger partial charge in [-0.3, -0.25) is 0 Å². The minimum Gasteiger partial charge on any atom is -0.493 e. The molecule has 0 saturated carbocycles. The van der Waals surface area contributed by atoms with E-state index in [1.165, 1.54) is 13.2 Å². The summed E-state index contributed by atoms with van der Waals surface area (Å²) in [5.41, 5.74) is 1.19. The molecular formula is C15H12ClNO3. The van der Waals surface area contributed by atoms with Gasteiger partial charge in [0.05, 0.1) is 30.4 Å². The molecule has 0 heterocycles. The number of aliphatic hydroxyl groups excluding tert-OH is 1. The van der Waals surface area contributed by atoms with Gasteiger partial charge in [0, 0.05) is 0 Å². The number of methoxy groups -OCH3 is 1. The van der Waals surface area contributed by atoms with Crippen LogP contribution in [0.2, 0.25) is 5.02 Å². The molecule has 0 aromatic heterocycles. The molecule has 2 rings (SSSR count). The fourth-order valence-corrected chi connectivity index (χ4v) is 1.89. The third-order valence-corrected chi connectivity index (χ3v) is 2.99. The zero-order chi connectivity index (χ0) is 14.5. The van der Waals surface area contributed by atoms with E-state index < -0.39 is 0 Å². The molecule has 1 N–H and O–H groups in total. The van der Waals surface area contributed by atoms with Crippen LogP contribution in [0.25, 0.3) is 0 Å². The topological polar surface area (TPSA) is 62.5 Å². The molecule has 0 aliphatic rings. The highest BCUT2D eigenvalue weighted by molar-refractivity contribution is 6.32. The maximum Gasteiger partial charge on any atom is 0.169 e. The second-order valence-corrected chi connectivity index (χ2v) is 4.41. The van der Waals surface area contributed by atoms with Crippen molar-refractivity contribution in [2.75, 3.05) is 7.11 Å². The number of ether oxygens (including phenoxy) is 2. The molecule has 102 valence electrons. The number of nitriles is 1. The first-order valence-corrected chi connectivity index (χ1v) is 6.21. The lowest BCUT2D eigenvalue weighted by Crippen LogP contribution is -1.93. The molecule has 4 nitrogen and oxygen atoms in total. The first kappa shape index (κ1) is 14.2. The Labute approximate surface area is 121 Å². The lowest BCUT2D eigenvalue weighted by molar-refractivity contribution is 0.280. The van der Waals surface area contributed by atoms with Crippen molar-refractivity contribution in [2.24, 2.45) is 0 Å². The smallest absolute Gasteiger partial charge is 0.169 e. The van der Waals surface area contributed by atoms with E-state index in [1.807, 2.05) is 6.07 Å². The summed E-state index contributed by atoms with van der Waals surface area (Å²) < 4.78 is 10.9. The van der Waals surface area contributed by atoms with Crippen LogP contribution in [0, 0.1) is 11.3 Å². The molecule has 0 aliphatic carbocycles. The van der Waals surface area contributed by atoms with E-state index in [0.717, 1.165) is 5.56 Å². The minimum atomic E-state index is -0.0751. The number of halogens is 1. The summed E-state index contributed by atoms with van der Waals surface area (Å²) in [6.07, 6.45) is 0. The van der Waals surface area contributed by atoms with Crippen LogP contribution < -0.4 is 9.47 Å². The van der Waals surface area contributed by atoms with E-state index in [2.05, 4.69) is 0 Å². The van der Waals surface area contributed by atoms with Gasteiger partial charge in [-0.15, -0.1) is 0 Å². The average Bonchev–Trinajstić information content (AvgIpc) is 2.49. The van der Waals surface area contributed by atoms with Crippen molar-refractivity contribution in [3.63, 3.8) is 0 Å². The Morgan fingerprint density at radius 2 is 1.90 bits per heavy atom. The van der Waals surface area contributed by atoms with Gasteiger partial charge in [-0.1, -0.05) is 17.7 Å². The predicted octanol–water partition coefficient (Wildman–Crippen LogP) is 3.50. The van der Waals surface area contributed by atoms with Crippen molar-refractivity contribution >= 4 is 11.6 Å². The van der Waals surface area contributed by atoms with Crippen molar-refractivity contribution in [1.29, 1.82) is 5.26 Å². The number of rotatable bonds is 4. The highest BCUT2D eigenvalue weighted by atomic mass is 35.5. The van der Waals surface area contributed by atoms with Crippen LogP contribution in [0.3, 0.4) is 0 Å². The quantitative estimate of drug-likeness (QED) is 0.935. The molecule has 0 amide bonds. The SMILES string of the molecule is COc1cc(CO)ccc1Oc1ccc(C#N)cc1Cl. The van der Waals surface area contributed by atoms with Gasteiger partial charge < -0.3 is 14.6 Å². The second-order valence-electron chi connectivity index (χ2n) is 4.00. The Morgan fingerprint density at radius 1 is 1.15 bits per heavy atom. The molecule has 0 bridgehead atoms. The first-order valence-electron chi connectivity index (χ1n) is 5.83. The number of benzene rings is 2. The van der Waals surface area contributed by atoms with Crippen LogP contribution in [0.1, 0.15) is 11.1 Å². The largest absolute Gasteiger partial charge is 0.493 e. The second kappa shape index (κ2) is 6.29. The van der Waals surface area contributed by atoms with Gasteiger partial charge in [-0.25, -0.2) is 0 Å². The van der Waals surface area contributed by atoms with Gasteiger partial charge in [0.1, 0.15) is 5.75 Å². The van der Waals surface area contributed by atoms with E-state index >= 15 is 0 Å². The summed E-state index contributed by atoms with van der Waals surface area (Å²) in [4.78, 5) is 0. The molecule has 0 spiro atoms. The molecule has 2 aromatic rings. The monoisotopic (exact) mass is 289 g/mol. The molecule has 0 unspecified atom stereocenters. The third-order valence-electron chi connectivity index (χ3n) is 2.69. The minimum absolute atomic E-state index is 0.0751. The molecule has 0 atom stereocenters. The summed E-state index contributed by atoms with van der Waals surface area (Å²) in [6.45, 7) is -0.0751. The molecule has 0 radical (unpaired) electrons. The van der Waals surface area contributed by atoms with Crippen molar-refractivity contribution < 1.29 is 14.6 Å². The van der Waals surface area contributed by atoms with E-state index in [0.29, 0.717) is 27.8 Å². The zero-order valence-corrected chi connectivity index (χ0v) is 11.5. The Morgan fingerprint density at radius 3 is 2.50 bits per heavy atom. The van der Waals surface area contributed by atoms with Crippen molar-refractivity contribution in [3.05, 3.63) is 52.5 Å². The number of hydrogen-bond acceptors (Lipinski definition) is 4. The summed E-state index contributed by atoms with van der Waals surface area (Å²) in [6, 6.07) is 11.9. The molecule has 20 heavy (non-hydrogen) atoms. The van der Waals surface area contributed by atoms with Gasteiger partial charge in [0.15, 0.2) is 11.5 Å². The van der Waals surface area contributed by atoms with Gasteiger partial charge >= 0.3 is 0 Å². The predicted molar refractivity (Wildman–Crippen MR) is 75.2 cm³/mol. The summed E-state index contributed by atoms with van der Waals surface area (Å²) in [5.74, 6) is 1.41. The standard InChI is InChI=1S/C15H12ClNO3/c1-19-15-7-11(9-18)3-5-14(15)20-13-4-2-10(8-17)6-12(13)16/h2-7,18H,9H2,1H3. The zero-order valence-electron chi connectivity index (χ0n) is 10.8. The molecule has 0 aliphatic heterocycles. The van der Waals surface area contributed by atoms with Gasteiger partial charge in [-0.2, -0.15) is 5.26 Å². The lowest BCUT2D eigenvalue weighted by atomic mass is 10.2. The van der Waals surface area contributed by atoms with Crippen LogP contribution in [0.5, 0.6) is 17.2 Å².